The summed E-state index contributed by atoms with van der Waals surface area (Å²) in [6.07, 6.45) is 3.43. The fourth-order valence-electron chi connectivity index (χ4n) is 2.25. The molecule has 1 saturated heterocycles. The van der Waals surface area contributed by atoms with E-state index in [4.69, 9.17) is 0 Å². The number of aromatic amines is 1. The fourth-order valence-corrected chi connectivity index (χ4v) is 2.25. The van der Waals surface area contributed by atoms with Crippen LogP contribution in [0.1, 0.15) is 10.4 Å². The zero-order chi connectivity index (χ0) is 13.9. The zero-order valence-corrected chi connectivity index (χ0v) is 12.2. The molecule has 112 valence electrons. The predicted molar refractivity (Wildman–Crippen MR) is 82.1 cm³/mol. The first-order valence-corrected chi connectivity index (χ1v) is 6.65. The van der Waals surface area contributed by atoms with Crippen LogP contribution in [0.2, 0.25) is 0 Å². The summed E-state index contributed by atoms with van der Waals surface area (Å²) >= 11 is 0. The summed E-state index contributed by atoms with van der Waals surface area (Å²) in [7, 11) is 0. The van der Waals surface area contributed by atoms with Crippen LogP contribution in [0.25, 0.3) is 11.1 Å². The van der Waals surface area contributed by atoms with Gasteiger partial charge in [-0.25, -0.2) is 4.39 Å². The van der Waals surface area contributed by atoms with Gasteiger partial charge in [-0.1, -0.05) is 12.1 Å². The van der Waals surface area contributed by atoms with E-state index in [1.54, 1.807) is 24.5 Å². The number of carbonyl (C=O) groups is 1. The molecule has 1 fully saturated rings. The van der Waals surface area contributed by atoms with E-state index in [0.717, 1.165) is 24.2 Å². The lowest BCUT2D eigenvalue weighted by molar-refractivity contribution is 0.0943. The smallest absolute Gasteiger partial charge is 0.253 e. The molecule has 21 heavy (non-hydrogen) atoms. The molecular formula is C15H17ClFN3O. The SMILES string of the molecule is Cl.O=C(NCC1CNC1)c1c[nH]cc1-c1ccc(F)cc1. The number of nitrogens with one attached hydrogen (secondary N) is 3. The number of H-pyrrole nitrogens is 1. The minimum Gasteiger partial charge on any atom is -0.366 e. The van der Waals surface area contributed by atoms with Crippen molar-refractivity contribution in [1.82, 2.24) is 15.6 Å². The van der Waals surface area contributed by atoms with Crippen molar-refractivity contribution >= 4 is 18.3 Å². The normalized spacial score (nSPS) is 14.1. The second-order valence-corrected chi connectivity index (χ2v) is 5.02. The number of carbonyl (C=O) groups excluding carboxylic acids is 1. The largest absolute Gasteiger partial charge is 0.366 e. The summed E-state index contributed by atoms with van der Waals surface area (Å²) in [6.45, 7) is 2.59. The van der Waals surface area contributed by atoms with Crippen molar-refractivity contribution in [2.24, 2.45) is 5.92 Å². The van der Waals surface area contributed by atoms with Gasteiger partial charge in [0.2, 0.25) is 0 Å². The Hall–Kier alpha value is -1.85. The van der Waals surface area contributed by atoms with Crippen LogP contribution in [0.3, 0.4) is 0 Å². The average molecular weight is 310 g/mol. The van der Waals surface area contributed by atoms with Gasteiger partial charge in [0.1, 0.15) is 5.82 Å². The van der Waals surface area contributed by atoms with Crippen LogP contribution in [0.15, 0.2) is 36.7 Å². The Labute approximate surface area is 128 Å². The van der Waals surface area contributed by atoms with Gasteiger partial charge in [-0.15, -0.1) is 12.4 Å². The van der Waals surface area contributed by atoms with Gasteiger partial charge in [0.25, 0.3) is 5.91 Å². The van der Waals surface area contributed by atoms with Gasteiger partial charge in [0, 0.05) is 43.5 Å². The maximum atomic E-state index is 12.9. The molecule has 0 saturated carbocycles. The highest BCUT2D eigenvalue weighted by atomic mass is 35.5. The number of benzene rings is 1. The molecule has 1 aliphatic rings. The van der Waals surface area contributed by atoms with E-state index < -0.39 is 0 Å². The molecule has 1 aromatic carbocycles. The molecule has 2 aromatic rings. The zero-order valence-electron chi connectivity index (χ0n) is 11.4. The van der Waals surface area contributed by atoms with Crippen LogP contribution in [0.4, 0.5) is 4.39 Å². The molecule has 1 amide bonds. The third-order valence-electron chi connectivity index (χ3n) is 3.56. The van der Waals surface area contributed by atoms with E-state index in [-0.39, 0.29) is 24.1 Å². The maximum absolute atomic E-state index is 12.9. The van der Waals surface area contributed by atoms with Crippen LogP contribution in [-0.2, 0) is 0 Å². The Balaban J connectivity index is 0.00000161. The quantitative estimate of drug-likeness (QED) is 0.811. The van der Waals surface area contributed by atoms with Crippen LogP contribution in [0, 0.1) is 11.7 Å². The Morgan fingerprint density at radius 2 is 1.95 bits per heavy atom. The molecule has 1 aliphatic heterocycles. The first-order chi connectivity index (χ1) is 9.74. The number of amides is 1. The highest BCUT2D eigenvalue weighted by molar-refractivity contribution is 6.00. The second-order valence-electron chi connectivity index (χ2n) is 5.02. The molecule has 4 nitrogen and oxygen atoms in total. The summed E-state index contributed by atoms with van der Waals surface area (Å²) in [5.41, 5.74) is 2.20. The van der Waals surface area contributed by atoms with Crippen molar-refractivity contribution in [3.63, 3.8) is 0 Å². The highest BCUT2D eigenvalue weighted by Crippen LogP contribution is 2.23. The van der Waals surface area contributed by atoms with E-state index in [2.05, 4.69) is 15.6 Å². The number of hydrogen-bond acceptors (Lipinski definition) is 2. The minimum absolute atomic E-state index is 0. The Morgan fingerprint density at radius 1 is 1.24 bits per heavy atom. The molecule has 6 heteroatoms. The second kappa shape index (κ2) is 6.74. The van der Waals surface area contributed by atoms with Crippen molar-refractivity contribution in [3.05, 3.63) is 48.0 Å². The molecule has 0 aliphatic carbocycles. The third-order valence-corrected chi connectivity index (χ3v) is 3.56. The maximum Gasteiger partial charge on any atom is 0.253 e. The van der Waals surface area contributed by atoms with E-state index >= 15 is 0 Å². The van der Waals surface area contributed by atoms with Crippen LogP contribution in [0.5, 0.6) is 0 Å². The van der Waals surface area contributed by atoms with Gasteiger partial charge >= 0.3 is 0 Å². The molecule has 0 spiro atoms. The van der Waals surface area contributed by atoms with Crippen LogP contribution in [-0.4, -0.2) is 30.5 Å². The first kappa shape index (κ1) is 15.5. The highest BCUT2D eigenvalue weighted by Gasteiger charge is 2.19. The topological polar surface area (TPSA) is 56.9 Å². The van der Waals surface area contributed by atoms with Gasteiger partial charge in [-0.2, -0.15) is 0 Å². The minimum atomic E-state index is -0.284. The molecule has 0 bridgehead atoms. The Morgan fingerprint density at radius 3 is 2.57 bits per heavy atom. The number of rotatable bonds is 4. The monoisotopic (exact) mass is 309 g/mol. The lowest BCUT2D eigenvalue weighted by Crippen LogP contribution is -2.48. The van der Waals surface area contributed by atoms with E-state index in [1.807, 2.05) is 0 Å². The van der Waals surface area contributed by atoms with E-state index in [0.29, 0.717) is 18.0 Å². The van der Waals surface area contributed by atoms with Crippen molar-refractivity contribution < 1.29 is 9.18 Å². The van der Waals surface area contributed by atoms with Crippen LogP contribution < -0.4 is 10.6 Å². The van der Waals surface area contributed by atoms with Crippen molar-refractivity contribution in [2.45, 2.75) is 0 Å². The molecule has 0 radical (unpaired) electrons. The molecule has 3 N–H and O–H groups in total. The predicted octanol–water partition coefficient (Wildman–Crippen LogP) is 2.19. The lowest BCUT2D eigenvalue weighted by atomic mass is 10.0. The van der Waals surface area contributed by atoms with Crippen molar-refractivity contribution in [3.8, 4) is 11.1 Å². The molecule has 0 atom stereocenters. The summed E-state index contributed by atoms with van der Waals surface area (Å²) in [5.74, 6) is 0.136. The molecule has 1 aromatic heterocycles. The van der Waals surface area contributed by atoms with Crippen molar-refractivity contribution in [2.75, 3.05) is 19.6 Å². The average Bonchev–Trinajstić information content (AvgIpc) is 2.87. The fraction of sp³-hybridized carbons (Fsp3) is 0.267. The Kier molecular flexibility index (Phi) is 4.98. The first-order valence-electron chi connectivity index (χ1n) is 6.65. The molecule has 3 rings (SSSR count). The van der Waals surface area contributed by atoms with Gasteiger partial charge < -0.3 is 15.6 Å². The Bertz CT molecular complexity index is 608. The lowest BCUT2D eigenvalue weighted by Gasteiger charge is -2.27. The summed E-state index contributed by atoms with van der Waals surface area (Å²) in [4.78, 5) is 15.1. The number of halogens is 2. The number of aromatic nitrogens is 1. The van der Waals surface area contributed by atoms with E-state index in [9.17, 15) is 9.18 Å². The van der Waals surface area contributed by atoms with Crippen molar-refractivity contribution in [1.29, 1.82) is 0 Å². The molecule has 2 heterocycles. The van der Waals surface area contributed by atoms with Gasteiger partial charge in [0.15, 0.2) is 0 Å². The van der Waals surface area contributed by atoms with Gasteiger partial charge in [-0.05, 0) is 17.7 Å². The van der Waals surface area contributed by atoms with Crippen LogP contribution >= 0.6 is 12.4 Å². The summed E-state index contributed by atoms with van der Waals surface area (Å²) in [6, 6.07) is 6.13. The molecule has 0 unspecified atom stereocenters. The number of hydrogen-bond donors (Lipinski definition) is 3. The summed E-state index contributed by atoms with van der Waals surface area (Å²) < 4.78 is 12.9. The molecular weight excluding hydrogens is 293 g/mol. The third kappa shape index (κ3) is 3.43. The van der Waals surface area contributed by atoms with E-state index in [1.165, 1.54) is 12.1 Å². The summed E-state index contributed by atoms with van der Waals surface area (Å²) in [5, 5.41) is 6.10. The van der Waals surface area contributed by atoms with Gasteiger partial charge in [0.05, 0.1) is 5.56 Å². The van der Waals surface area contributed by atoms with Gasteiger partial charge in [-0.3, -0.25) is 4.79 Å². The standard InChI is InChI=1S/C15H16FN3O.ClH/c16-12-3-1-11(2-4-12)13-8-18-9-14(13)15(20)19-7-10-5-17-6-10;/h1-4,8-10,17-18H,5-7H2,(H,19,20);1H.